The molecule has 2 heterocycles. The Balaban J connectivity index is 1.53. The Morgan fingerprint density at radius 2 is 2.16 bits per heavy atom. The first-order chi connectivity index (χ1) is 12.2. The Morgan fingerprint density at radius 3 is 2.92 bits per heavy atom. The fourth-order valence-electron chi connectivity index (χ4n) is 2.70. The number of nitrogens with zero attached hydrogens (tertiary/aromatic N) is 3. The second-order valence-electron chi connectivity index (χ2n) is 5.82. The number of halogens is 1. The summed E-state index contributed by atoms with van der Waals surface area (Å²) in [6, 6.07) is 12.0. The van der Waals surface area contributed by atoms with Gasteiger partial charge in [0.25, 0.3) is 0 Å². The molecule has 0 aliphatic carbocycles. The van der Waals surface area contributed by atoms with Crippen molar-refractivity contribution in [2.75, 3.05) is 13.1 Å². The number of rotatable bonds is 6. The molecule has 5 nitrogen and oxygen atoms in total. The zero-order chi connectivity index (χ0) is 17.6. The third-order valence-electron chi connectivity index (χ3n) is 4.00. The fourth-order valence-corrected chi connectivity index (χ4v) is 2.70. The summed E-state index contributed by atoms with van der Waals surface area (Å²) in [7, 11) is 0. The van der Waals surface area contributed by atoms with Crippen LogP contribution >= 0.6 is 0 Å². The van der Waals surface area contributed by atoms with Crippen LogP contribution in [0.2, 0.25) is 0 Å². The van der Waals surface area contributed by atoms with Crippen LogP contribution in [0.4, 0.5) is 9.18 Å². The molecule has 0 saturated heterocycles. The molecule has 0 spiro atoms. The molecule has 6 heteroatoms. The quantitative estimate of drug-likeness (QED) is 0.749. The lowest BCUT2D eigenvalue weighted by Crippen LogP contribution is -2.40. The van der Waals surface area contributed by atoms with E-state index in [2.05, 4.69) is 10.3 Å². The molecular formula is C19H21FN4O. The Hall–Kier alpha value is -2.89. The van der Waals surface area contributed by atoms with Gasteiger partial charge in [0.1, 0.15) is 11.5 Å². The van der Waals surface area contributed by atoms with Crippen LogP contribution in [0.3, 0.4) is 0 Å². The number of carbonyl (C=O) groups is 1. The number of fused-ring (bicyclic) bond motifs is 1. The highest BCUT2D eigenvalue weighted by molar-refractivity contribution is 5.74. The first-order valence-corrected chi connectivity index (χ1v) is 8.35. The Labute approximate surface area is 146 Å². The molecule has 1 aromatic carbocycles. The third-order valence-corrected chi connectivity index (χ3v) is 4.00. The standard InChI is InChI=1S/C19H21FN4O/c1-2-23(13-15-6-5-7-16(20)12-15)19(25)21-10-9-17-14-24-11-4-3-8-18(24)22-17/h3-8,11-12,14H,2,9-10,13H2,1H3,(H,21,25). The number of amides is 2. The predicted molar refractivity (Wildman–Crippen MR) is 94.8 cm³/mol. The van der Waals surface area contributed by atoms with E-state index in [1.54, 1.807) is 11.0 Å². The van der Waals surface area contributed by atoms with E-state index in [1.165, 1.54) is 12.1 Å². The molecule has 2 aromatic heterocycles. The van der Waals surface area contributed by atoms with E-state index in [9.17, 15) is 9.18 Å². The maximum atomic E-state index is 13.3. The first kappa shape index (κ1) is 17.0. The van der Waals surface area contributed by atoms with Crippen molar-refractivity contribution < 1.29 is 9.18 Å². The van der Waals surface area contributed by atoms with E-state index in [0.717, 1.165) is 16.9 Å². The van der Waals surface area contributed by atoms with Crippen LogP contribution in [0.15, 0.2) is 54.9 Å². The van der Waals surface area contributed by atoms with Crippen molar-refractivity contribution in [1.29, 1.82) is 0 Å². The molecule has 3 rings (SSSR count). The summed E-state index contributed by atoms with van der Waals surface area (Å²) in [5, 5.41) is 2.91. The lowest BCUT2D eigenvalue weighted by Gasteiger charge is -2.21. The van der Waals surface area contributed by atoms with Crippen molar-refractivity contribution in [2.45, 2.75) is 19.9 Å². The first-order valence-electron chi connectivity index (χ1n) is 8.35. The molecule has 0 aliphatic rings. The summed E-state index contributed by atoms with van der Waals surface area (Å²) in [6.07, 6.45) is 4.57. The van der Waals surface area contributed by atoms with Gasteiger partial charge >= 0.3 is 6.03 Å². The van der Waals surface area contributed by atoms with Gasteiger partial charge < -0.3 is 14.6 Å². The van der Waals surface area contributed by atoms with Crippen LogP contribution in [0.5, 0.6) is 0 Å². The van der Waals surface area contributed by atoms with Gasteiger partial charge in [-0.15, -0.1) is 0 Å². The number of aromatic nitrogens is 2. The van der Waals surface area contributed by atoms with E-state index in [4.69, 9.17) is 0 Å². The topological polar surface area (TPSA) is 49.6 Å². The number of pyridine rings is 1. The van der Waals surface area contributed by atoms with Crippen molar-refractivity contribution in [3.8, 4) is 0 Å². The molecular weight excluding hydrogens is 319 g/mol. The molecule has 0 aliphatic heterocycles. The summed E-state index contributed by atoms with van der Waals surface area (Å²) in [4.78, 5) is 18.5. The maximum Gasteiger partial charge on any atom is 0.317 e. The lowest BCUT2D eigenvalue weighted by atomic mass is 10.2. The number of urea groups is 1. The molecule has 0 bridgehead atoms. The molecule has 3 aromatic rings. The molecule has 1 N–H and O–H groups in total. The minimum atomic E-state index is -0.291. The Bertz CT molecular complexity index is 828. The zero-order valence-electron chi connectivity index (χ0n) is 14.2. The summed E-state index contributed by atoms with van der Waals surface area (Å²) in [6.45, 7) is 3.34. The SMILES string of the molecule is CCN(Cc1cccc(F)c1)C(=O)NCCc1cn2ccccc2n1. The fraction of sp³-hybridized carbons (Fsp3) is 0.263. The number of nitrogens with one attached hydrogen (secondary N) is 1. The summed E-state index contributed by atoms with van der Waals surface area (Å²) in [5.74, 6) is -0.291. The van der Waals surface area contributed by atoms with E-state index in [-0.39, 0.29) is 11.8 Å². The van der Waals surface area contributed by atoms with Crippen LogP contribution in [0.1, 0.15) is 18.2 Å². The van der Waals surface area contributed by atoms with Gasteiger partial charge in [0.15, 0.2) is 0 Å². The van der Waals surface area contributed by atoms with Gasteiger partial charge in [0, 0.05) is 38.4 Å². The average molecular weight is 340 g/mol. The highest BCUT2D eigenvalue weighted by atomic mass is 19.1. The minimum absolute atomic E-state index is 0.157. The number of imidazole rings is 1. The number of carbonyl (C=O) groups excluding carboxylic acids is 1. The molecule has 130 valence electrons. The van der Waals surface area contributed by atoms with Crippen molar-refractivity contribution in [3.05, 3.63) is 71.9 Å². The second-order valence-corrected chi connectivity index (χ2v) is 5.82. The average Bonchev–Trinajstić information content (AvgIpc) is 3.02. The molecule has 0 saturated carbocycles. The van der Waals surface area contributed by atoms with Crippen LogP contribution < -0.4 is 5.32 Å². The normalized spacial score (nSPS) is 10.8. The highest BCUT2D eigenvalue weighted by Crippen LogP contribution is 2.08. The monoisotopic (exact) mass is 340 g/mol. The van der Waals surface area contributed by atoms with E-state index in [0.29, 0.717) is 26.1 Å². The third kappa shape index (κ3) is 4.35. The van der Waals surface area contributed by atoms with Crippen LogP contribution in [0.25, 0.3) is 5.65 Å². The molecule has 0 fully saturated rings. The van der Waals surface area contributed by atoms with Crippen LogP contribution in [-0.2, 0) is 13.0 Å². The van der Waals surface area contributed by atoms with Crippen molar-refractivity contribution >= 4 is 11.7 Å². The summed E-state index contributed by atoms with van der Waals surface area (Å²) < 4.78 is 15.2. The van der Waals surface area contributed by atoms with Crippen molar-refractivity contribution in [1.82, 2.24) is 19.6 Å². The van der Waals surface area contributed by atoms with E-state index < -0.39 is 0 Å². The summed E-state index contributed by atoms with van der Waals surface area (Å²) >= 11 is 0. The maximum absolute atomic E-state index is 13.3. The van der Waals surface area contributed by atoms with Gasteiger partial charge in [0.05, 0.1) is 5.69 Å². The van der Waals surface area contributed by atoms with E-state index in [1.807, 2.05) is 48.0 Å². The van der Waals surface area contributed by atoms with Crippen LogP contribution in [0, 0.1) is 5.82 Å². The molecule has 0 radical (unpaired) electrons. The van der Waals surface area contributed by atoms with Gasteiger partial charge in [0.2, 0.25) is 0 Å². The number of benzene rings is 1. The Morgan fingerprint density at radius 1 is 1.28 bits per heavy atom. The van der Waals surface area contributed by atoms with Crippen LogP contribution in [-0.4, -0.2) is 33.4 Å². The smallest absolute Gasteiger partial charge is 0.317 e. The van der Waals surface area contributed by atoms with Gasteiger partial charge in [-0.1, -0.05) is 18.2 Å². The Kier molecular flexibility index (Phi) is 5.28. The van der Waals surface area contributed by atoms with Gasteiger partial charge in [-0.25, -0.2) is 14.2 Å². The molecule has 0 unspecified atom stereocenters. The van der Waals surface area contributed by atoms with Gasteiger partial charge in [-0.05, 0) is 36.8 Å². The van der Waals surface area contributed by atoms with Crippen molar-refractivity contribution in [2.24, 2.45) is 0 Å². The molecule has 2 amide bonds. The van der Waals surface area contributed by atoms with Crippen molar-refractivity contribution in [3.63, 3.8) is 0 Å². The number of hydrogen-bond donors (Lipinski definition) is 1. The van der Waals surface area contributed by atoms with Gasteiger partial charge in [-0.2, -0.15) is 0 Å². The molecule has 0 atom stereocenters. The second kappa shape index (κ2) is 7.79. The predicted octanol–water partition coefficient (Wildman–Crippen LogP) is 3.25. The zero-order valence-corrected chi connectivity index (χ0v) is 14.2. The highest BCUT2D eigenvalue weighted by Gasteiger charge is 2.12. The van der Waals surface area contributed by atoms with Gasteiger partial charge in [-0.3, -0.25) is 0 Å². The lowest BCUT2D eigenvalue weighted by molar-refractivity contribution is 0.198. The summed E-state index contributed by atoms with van der Waals surface area (Å²) in [5.41, 5.74) is 2.60. The van der Waals surface area contributed by atoms with E-state index >= 15 is 0 Å². The molecule has 25 heavy (non-hydrogen) atoms. The largest absolute Gasteiger partial charge is 0.338 e. The number of hydrogen-bond acceptors (Lipinski definition) is 2. The minimum Gasteiger partial charge on any atom is -0.338 e.